The van der Waals surface area contributed by atoms with E-state index in [2.05, 4.69) is 52.9 Å². The molecule has 0 bridgehead atoms. The first-order valence-corrected chi connectivity index (χ1v) is 14.2. The van der Waals surface area contributed by atoms with Gasteiger partial charge in [0.25, 0.3) is 5.91 Å². The average Bonchev–Trinajstić information content (AvgIpc) is 2.98. The molecule has 0 aliphatic heterocycles. The Morgan fingerprint density at radius 3 is 2.33 bits per heavy atom. The van der Waals surface area contributed by atoms with E-state index in [1.54, 1.807) is 18.3 Å². The number of pyridine rings is 2. The molecule has 42 heavy (non-hydrogen) atoms. The van der Waals surface area contributed by atoms with Crippen molar-refractivity contribution in [3.8, 4) is 11.1 Å². The molecule has 4 rings (SSSR count). The highest BCUT2D eigenvalue weighted by Crippen LogP contribution is 2.28. The molecule has 0 saturated carbocycles. The van der Waals surface area contributed by atoms with Gasteiger partial charge in [-0.1, -0.05) is 73.7 Å². The summed E-state index contributed by atoms with van der Waals surface area (Å²) in [4.78, 5) is 34.4. The normalized spacial score (nSPS) is 12.0. The lowest BCUT2D eigenvalue weighted by atomic mass is 9.99. The Morgan fingerprint density at radius 1 is 0.929 bits per heavy atom. The minimum absolute atomic E-state index is 0.149. The van der Waals surface area contributed by atoms with Crippen LogP contribution in [0.2, 0.25) is 0 Å². The van der Waals surface area contributed by atoms with Crippen LogP contribution in [0.1, 0.15) is 55.9 Å². The summed E-state index contributed by atoms with van der Waals surface area (Å²) in [6.07, 6.45) is 8.91. The van der Waals surface area contributed by atoms with Gasteiger partial charge in [-0.25, -0.2) is 4.79 Å². The summed E-state index contributed by atoms with van der Waals surface area (Å²) in [5.74, 6) is -0.149. The highest BCUT2D eigenvalue weighted by atomic mass is 16.6. The summed E-state index contributed by atoms with van der Waals surface area (Å²) in [7, 11) is 0. The van der Waals surface area contributed by atoms with Gasteiger partial charge in [0, 0.05) is 35.7 Å². The first-order chi connectivity index (χ1) is 20.2. The topological polar surface area (TPSA) is 93.2 Å². The number of alkyl carbamates (subject to hydrolysis) is 1. The number of fused-ring (bicyclic) bond motifs is 1. The van der Waals surface area contributed by atoms with Gasteiger partial charge < -0.3 is 15.4 Å². The summed E-state index contributed by atoms with van der Waals surface area (Å²) < 4.78 is 5.37. The number of carbonyl (C=O) groups excluding carboxylic acids is 2. The van der Waals surface area contributed by atoms with Crippen LogP contribution in [-0.2, 0) is 17.7 Å². The molecule has 0 aliphatic rings. The zero-order valence-corrected chi connectivity index (χ0v) is 24.7. The van der Waals surface area contributed by atoms with Crippen molar-refractivity contribution >= 4 is 22.9 Å². The van der Waals surface area contributed by atoms with Crippen molar-refractivity contribution in [3.05, 3.63) is 120 Å². The number of allylic oxidation sites excluding steroid dienone is 2. The van der Waals surface area contributed by atoms with Crippen LogP contribution in [0.5, 0.6) is 0 Å². The van der Waals surface area contributed by atoms with Crippen LogP contribution in [0.3, 0.4) is 0 Å². The number of nitrogens with one attached hydrogen (secondary N) is 2. The molecule has 7 heteroatoms. The molecule has 2 heterocycles. The Balaban J connectivity index is 1.58. The molecule has 2 aromatic heterocycles. The van der Waals surface area contributed by atoms with E-state index < -0.39 is 11.7 Å². The first-order valence-electron chi connectivity index (χ1n) is 14.2. The number of hydrogen-bond donors (Lipinski definition) is 2. The summed E-state index contributed by atoms with van der Waals surface area (Å²) in [6.45, 7) is 8.26. The minimum atomic E-state index is -0.549. The highest BCUT2D eigenvalue weighted by molar-refractivity contribution is 5.94. The van der Waals surface area contributed by atoms with Crippen LogP contribution >= 0.6 is 0 Å². The van der Waals surface area contributed by atoms with E-state index in [1.165, 1.54) is 0 Å². The third-order valence-electron chi connectivity index (χ3n) is 6.39. The van der Waals surface area contributed by atoms with Crippen molar-refractivity contribution < 1.29 is 14.3 Å². The van der Waals surface area contributed by atoms with E-state index in [4.69, 9.17) is 9.72 Å². The quantitative estimate of drug-likeness (QED) is 0.200. The van der Waals surface area contributed by atoms with E-state index in [0.29, 0.717) is 18.5 Å². The second kappa shape index (κ2) is 14.2. The van der Waals surface area contributed by atoms with Crippen molar-refractivity contribution in [2.24, 2.45) is 0 Å². The molecule has 0 atom stereocenters. The molecule has 0 aliphatic carbocycles. The van der Waals surface area contributed by atoms with Crippen LogP contribution < -0.4 is 10.6 Å². The van der Waals surface area contributed by atoms with E-state index in [9.17, 15) is 9.59 Å². The second-order valence-corrected chi connectivity index (χ2v) is 10.9. The van der Waals surface area contributed by atoms with Crippen LogP contribution in [0.25, 0.3) is 22.0 Å². The van der Waals surface area contributed by atoms with E-state index in [1.807, 2.05) is 69.3 Å². The Morgan fingerprint density at radius 2 is 1.64 bits per heavy atom. The molecule has 2 aromatic carbocycles. The summed E-state index contributed by atoms with van der Waals surface area (Å²) >= 11 is 0. The van der Waals surface area contributed by atoms with Crippen LogP contribution in [0, 0.1) is 0 Å². The third kappa shape index (κ3) is 8.61. The number of hydrogen-bond acceptors (Lipinski definition) is 5. The van der Waals surface area contributed by atoms with Gasteiger partial charge in [0.1, 0.15) is 5.60 Å². The monoisotopic (exact) mass is 562 g/mol. The fourth-order valence-corrected chi connectivity index (χ4v) is 4.48. The fourth-order valence-electron chi connectivity index (χ4n) is 4.48. The van der Waals surface area contributed by atoms with Crippen LogP contribution in [0.4, 0.5) is 4.79 Å². The number of amides is 2. The van der Waals surface area contributed by atoms with Gasteiger partial charge in [0.15, 0.2) is 0 Å². The van der Waals surface area contributed by atoms with Crippen molar-refractivity contribution in [2.75, 3.05) is 6.54 Å². The summed E-state index contributed by atoms with van der Waals surface area (Å²) in [5.41, 5.74) is 5.59. The van der Waals surface area contributed by atoms with Gasteiger partial charge in [0.05, 0.1) is 23.4 Å². The average molecular weight is 563 g/mol. The minimum Gasteiger partial charge on any atom is -0.444 e. The number of ether oxygens (including phenoxy) is 1. The molecule has 2 amide bonds. The number of nitrogens with zero attached hydrogens (tertiary/aromatic N) is 2. The Labute approximate surface area is 247 Å². The van der Waals surface area contributed by atoms with Gasteiger partial charge in [-0.2, -0.15) is 0 Å². The molecule has 0 saturated heterocycles. The lowest BCUT2D eigenvalue weighted by Crippen LogP contribution is -2.33. The number of carbonyl (C=O) groups is 2. The van der Waals surface area contributed by atoms with E-state index in [0.717, 1.165) is 45.4 Å². The smallest absolute Gasteiger partial charge is 0.407 e. The van der Waals surface area contributed by atoms with Gasteiger partial charge >= 0.3 is 6.09 Å². The molecule has 2 N–H and O–H groups in total. The van der Waals surface area contributed by atoms with Gasteiger partial charge in [-0.15, -0.1) is 0 Å². The Kier molecular flexibility index (Phi) is 10.2. The maximum Gasteiger partial charge on any atom is 0.407 e. The molecule has 0 radical (unpaired) electrons. The molecule has 0 spiro atoms. The zero-order valence-electron chi connectivity index (χ0n) is 24.7. The predicted octanol–water partition coefficient (Wildman–Crippen LogP) is 7.19. The largest absolute Gasteiger partial charge is 0.444 e. The SMILES string of the molecule is CC/C=C(\C=C/Cc1nc2ccnc(CNC(=O)c3ccccc3)c2cc1-c1ccccc1)CNC(=O)OC(C)(C)C. The highest BCUT2D eigenvalue weighted by Gasteiger charge is 2.16. The van der Waals surface area contributed by atoms with Gasteiger partial charge in [-0.3, -0.25) is 14.8 Å². The van der Waals surface area contributed by atoms with Crippen LogP contribution in [-0.4, -0.2) is 34.1 Å². The van der Waals surface area contributed by atoms with E-state index >= 15 is 0 Å². The molecular weight excluding hydrogens is 524 g/mol. The second-order valence-electron chi connectivity index (χ2n) is 10.9. The predicted molar refractivity (Wildman–Crippen MR) is 168 cm³/mol. The maximum atomic E-state index is 12.7. The molecule has 7 nitrogen and oxygen atoms in total. The standard InChI is InChI=1S/C35H38N4O3/c1-5-13-25(23-38-34(41)42-35(2,3)4)14-12-19-30-28(26-15-8-6-9-16-26)22-29-31(39-30)20-21-36-32(29)24-37-33(40)27-17-10-7-11-18-27/h6-18,20-22H,5,19,23-24H2,1-4H3,(H,37,40)(H,38,41)/b14-12-,25-13+. The third-order valence-corrected chi connectivity index (χ3v) is 6.39. The van der Waals surface area contributed by atoms with E-state index in [-0.39, 0.29) is 12.5 Å². The maximum absolute atomic E-state index is 12.7. The van der Waals surface area contributed by atoms with Crippen molar-refractivity contribution in [3.63, 3.8) is 0 Å². The summed E-state index contributed by atoms with van der Waals surface area (Å²) in [6, 6.07) is 23.3. The number of benzene rings is 2. The molecule has 0 unspecified atom stereocenters. The molecule has 0 fully saturated rings. The lowest BCUT2D eigenvalue weighted by molar-refractivity contribution is 0.0533. The molecular formula is C35H38N4O3. The van der Waals surface area contributed by atoms with Gasteiger partial charge in [0.2, 0.25) is 0 Å². The first kappa shape index (κ1) is 30.2. The molecule has 216 valence electrons. The zero-order chi connectivity index (χ0) is 30.0. The fraction of sp³-hybridized carbons (Fsp3) is 0.257. The molecule has 4 aromatic rings. The summed E-state index contributed by atoms with van der Waals surface area (Å²) in [5, 5.41) is 6.72. The lowest BCUT2D eigenvalue weighted by Gasteiger charge is -2.19. The number of rotatable bonds is 10. The Bertz CT molecular complexity index is 1570. The van der Waals surface area contributed by atoms with Crippen molar-refractivity contribution in [1.82, 2.24) is 20.6 Å². The van der Waals surface area contributed by atoms with Crippen molar-refractivity contribution in [1.29, 1.82) is 0 Å². The van der Waals surface area contributed by atoms with Crippen LogP contribution in [0.15, 0.2) is 103 Å². The van der Waals surface area contributed by atoms with Crippen molar-refractivity contribution in [2.45, 2.75) is 52.7 Å². The Hall–Kier alpha value is -4.78. The van der Waals surface area contributed by atoms with Gasteiger partial charge in [-0.05, 0) is 62.6 Å². The number of aromatic nitrogens is 2.